The van der Waals surface area contributed by atoms with E-state index in [1.54, 1.807) is 6.92 Å². The monoisotopic (exact) mass is 604 g/mol. The maximum atomic E-state index is 12.0. The number of carbonyl (C=O) groups excluding carboxylic acids is 3. The molecule has 0 aromatic heterocycles. The number of rotatable bonds is 16. The molecule has 9 atom stereocenters. The Hall–Kier alpha value is -1.75. The third-order valence-corrected chi connectivity index (χ3v) is 8.30. The van der Waals surface area contributed by atoms with E-state index < -0.39 is 66.6 Å². The number of hydrogen-bond donors (Lipinski definition) is 6. The van der Waals surface area contributed by atoms with Crippen LogP contribution in [0.5, 0.6) is 0 Å². The van der Waals surface area contributed by atoms with Gasteiger partial charge in [0.05, 0.1) is 31.0 Å². The van der Waals surface area contributed by atoms with Crippen LogP contribution in [-0.2, 0) is 28.7 Å². The molecular weight excluding hydrogens is 556 g/mol. The quantitative estimate of drug-likeness (QED) is 0.0901. The van der Waals surface area contributed by atoms with Crippen molar-refractivity contribution in [3.8, 4) is 0 Å². The molecule has 6 N–H and O–H groups in total. The Balaban J connectivity index is 1.43. The highest BCUT2D eigenvalue weighted by Crippen LogP contribution is 2.25. The standard InChI is InChI=1S/C28H48N2O12/c1-17-25(36)28(39)27(38)20(40-17)8-6-14-29(13-5-7-18-15-19(32)26(37)21(16-31)41-18)12-4-2-3-9-24(35)42-30-22(33)10-11-23(30)34/h17-21,25-28,31-32,36-39H,2-16H2,1H3/t17-,18+,19+,20-,21+,25+,26-,27+,28+/m0/s1. The van der Waals surface area contributed by atoms with Crippen LogP contribution in [0.4, 0.5) is 0 Å². The molecule has 3 aliphatic heterocycles. The average Bonchev–Trinajstić information content (AvgIpc) is 3.27. The third-order valence-electron chi connectivity index (χ3n) is 8.30. The zero-order valence-corrected chi connectivity index (χ0v) is 24.3. The van der Waals surface area contributed by atoms with E-state index in [0.29, 0.717) is 50.3 Å². The zero-order chi connectivity index (χ0) is 30.8. The van der Waals surface area contributed by atoms with Crippen LogP contribution in [0.2, 0.25) is 0 Å². The molecule has 3 saturated heterocycles. The van der Waals surface area contributed by atoms with Crippen molar-refractivity contribution in [1.82, 2.24) is 9.96 Å². The third kappa shape index (κ3) is 9.89. The Kier molecular flexibility index (Phi) is 14.0. The minimum atomic E-state index is -1.27. The first-order valence-corrected chi connectivity index (χ1v) is 15.1. The molecule has 0 bridgehead atoms. The first-order chi connectivity index (χ1) is 20.0. The number of nitrogens with zero attached hydrogens (tertiary/aromatic N) is 2. The highest BCUT2D eigenvalue weighted by atomic mass is 16.7. The smallest absolute Gasteiger partial charge is 0.333 e. The Bertz CT molecular complexity index is 862. The van der Waals surface area contributed by atoms with Crippen molar-refractivity contribution < 1.29 is 59.3 Å². The SMILES string of the molecule is C[C@@H]1O[C@@H](CCCN(CCCCCC(=O)ON2C(=O)CCC2=O)CCC[C@@H]2C[C@@H](O)[C@H](O)[C@@H](CO)O2)[C@@H](O)[C@H](O)[C@@H]1O. The molecule has 42 heavy (non-hydrogen) atoms. The highest BCUT2D eigenvalue weighted by molar-refractivity contribution is 6.01. The highest BCUT2D eigenvalue weighted by Gasteiger charge is 2.41. The summed E-state index contributed by atoms with van der Waals surface area (Å²) >= 11 is 0. The summed E-state index contributed by atoms with van der Waals surface area (Å²) in [5.41, 5.74) is 0. The van der Waals surface area contributed by atoms with Gasteiger partial charge in [-0.15, -0.1) is 5.06 Å². The average molecular weight is 605 g/mol. The molecule has 14 nitrogen and oxygen atoms in total. The molecule has 0 unspecified atom stereocenters. The number of ether oxygens (including phenoxy) is 2. The van der Waals surface area contributed by atoms with Crippen molar-refractivity contribution in [3.63, 3.8) is 0 Å². The maximum absolute atomic E-state index is 12.0. The van der Waals surface area contributed by atoms with E-state index in [1.165, 1.54) is 0 Å². The first kappa shape index (κ1) is 34.7. The lowest BCUT2D eigenvalue weighted by molar-refractivity contribution is -0.218. The van der Waals surface area contributed by atoms with Crippen molar-refractivity contribution in [1.29, 1.82) is 0 Å². The second-order valence-electron chi connectivity index (χ2n) is 11.6. The Morgan fingerprint density at radius 3 is 2.14 bits per heavy atom. The number of hydroxylamine groups is 2. The van der Waals surface area contributed by atoms with Gasteiger partial charge in [-0.1, -0.05) is 6.42 Å². The molecule has 0 aromatic carbocycles. The van der Waals surface area contributed by atoms with Crippen molar-refractivity contribution >= 4 is 17.8 Å². The van der Waals surface area contributed by atoms with Crippen LogP contribution in [0, 0.1) is 0 Å². The van der Waals surface area contributed by atoms with E-state index in [0.717, 1.165) is 19.4 Å². The van der Waals surface area contributed by atoms with Crippen molar-refractivity contribution in [2.45, 2.75) is 132 Å². The Morgan fingerprint density at radius 1 is 0.833 bits per heavy atom. The number of aliphatic hydroxyl groups is 6. The summed E-state index contributed by atoms with van der Waals surface area (Å²) in [4.78, 5) is 42.4. The Morgan fingerprint density at radius 2 is 1.48 bits per heavy atom. The number of unbranched alkanes of at least 4 members (excludes halogenated alkanes) is 2. The van der Waals surface area contributed by atoms with Gasteiger partial charge in [0.1, 0.15) is 30.5 Å². The summed E-state index contributed by atoms with van der Waals surface area (Å²) in [7, 11) is 0. The summed E-state index contributed by atoms with van der Waals surface area (Å²) < 4.78 is 11.5. The fraction of sp³-hybridized carbons (Fsp3) is 0.893. The molecule has 242 valence electrons. The molecule has 0 aliphatic carbocycles. The van der Waals surface area contributed by atoms with E-state index in [4.69, 9.17) is 14.3 Å². The summed E-state index contributed by atoms with van der Waals surface area (Å²) in [5, 5.41) is 60.4. The van der Waals surface area contributed by atoms with Crippen LogP contribution < -0.4 is 0 Å². The van der Waals surface area contributed by atoms with Gasteiger partial charge < -0.3 is 49.9 Å². The van der Waals surface area contributed by atoms with Gasteiger partial charge in [0, 0.05) is 25.7 Å². The van der Waals surface area contributed by atoms with Gasteiger partial charge in [0.2, 0.25) is 0 Å². The number of aliphatic hydroxyl groups excluding tert-OH is 6. The van der Waals surface area contributed by atoms with Crippen LogP contribution in [0.3, 0.4) is 0 Å². The van der Waals surface area contributed by atoms with Crippen molar-refractivity contribution in [3.05, 3.63) is 0 Å². The predicted octanol–water partition coefficient (Wildman–Crippen LogP) is -1.24. The second-order valence-corrected chi connectivity index (χ2v) is 11.6. The topological polar surface area (TPSA) is 207 Å². The number of imide groups is 1. The minimum absolute atomic E-state index is 0.0484. The predicted molar refractivity (Wildman–Crippen MR) is 145 cm³/mol. The fourth-order valence-corrected chi connectivity index (χ4v) is 5.73. The molecule has 0 radical (unpaired) electrons. The van der Waals surface area contributed by atoms with Gasteiger partial charge in [-0.2, -0.15) is 0 Å². The molecule has 3 heterocycles. The molecule has 2 amide bonds. The molecule has 14 heteroatoms. The van der Waals surface area contributed by atoms with Crippen molar-refractivity contribution in [2.75, 3.05) is 26.2 Å². The molecule has 0 aromatic rings. The van der Waals surface area contributed by atoms with Crippen LogP contribution in [-0.4, -0.2) is 140 Å². The lowest BCUT2D eigenvalue weighted by Crippen LogP contribution is -2.56. The summed E-state index contributed by atoms with van der Waals surface area (Å²) in [6, 6.07) is 0. The molecular formula is C28H48N2O12. The molecule has 3 rings (SSSR count). The van der Waals surface area contributed by atoms with E-state index >= 15 is 0 Å². The summed E-state index contributed by atoms with van der Waals surface area (Å²) in [6.07, 6.45) is -2.96. The second kappa shape index (κ2) is 16.9. The number of amides is 2. The largest absolute Gasteiger partial charge is 0.394 e. The maximum Gasteiger partial charge on any atom is 0.333 e. The van der Waals surface area contributed by atoms with Crippen LogP contribution in [0.25, 0.3) is 0 Å². The normalized spacial score (nSPS) is 33.9. The molecule has 3 fully saturated rings. The molecule has 0 saturated carbocycles. The van der Waals surface area contributed by atoms with E-state index in [2.05, 4.69) is 4.90 Å². The van der Waals surface area contributed by atoms with Crippen LogP contribution in [0.15, 0.2) is 0 Å². The van der Waals surface area contributed by atoms with E-state index in [-0.39, 0.29) is 38.4 Å². The van der Waals surface area contributed by atoms with Gasteiger partial charge in [-0.25, -0.2) is 4.79 Å². The zero-order valence-electron chi connectivity index (χ0n) is 24.3. The molecule has 0 spiro atoms. The van der Waals surface area contributed by atoms with E-state index in [1.807, 2.05) is 0 Å². The van der Waals surface area contributed by atoms with Gasteiger partial charge in [0.15, 0.2) is 0 Å². The van der Waals surface area contributed by atoms with Crippen LogP contribution in [0.1, 0.15) is 77.6 Å². The fourth-order valence-electron chi connectivity index (χ4n) is 5.73. The van der Waals surface area contributed by atoms with Gasteiger partial charge in [-0.05, 0) is 65.1 Å². The lowest BCUT2D eigenvalue weighted by atomic mass is 9.93. The van der Waals surface area contributed by atoms with Gasteiger partial charge in [0.25, 0.3) is 11.8 Å². The van der Waals surface area contributed by atoms with Gasteiger partial charge in [-0.3, -0.25) is 9.59 Å². The van der Waals surface area contributed by atoms with Crippen molar-refractivity contribution in [2.24, 2.45) is 0 Å². The van der Waals surface area contributed by atoms with Gasteiger partial charge >= 0.3 is 5.97 Å². The first-order valence-electron chi connectivity index (χ1n) is 15.1. The number of carbonyl (C=O) groups is 3. The van der Waals surface area contributed by atoms with E-state index in [9.17, 15) is 45.0 Å². The molecule has 3 aliphatic rings. The summed E-state index contributed by atoms with van der Waals surface area (Å²) in [5.74, 6) is -1.64. The summed E-state index contributed by atoms with van der Waals surface area (Å²) in [6.45, 7) is 3.37. The minimum Gasteiger partial charge on any atom is -0.394 e. The lowest BCUT2D eigenvalue weighted by Gasteiger charge is -2.39. The van der Waals surface area contributed by atoms with Crippen LogP contribution >= 0.6 is 0 Å². The Labute approximate surface area is 246 Å². The number of hydrogen-bond acceptors (Lipinski definition) is 13.